The first kappa shape index (κ1) is 21.9. The van der Waals surface area contributed by atoms with Gasteiger partial charge in [-0.25, -0.2) is 0 Å². The fraction of sp³-hybridized carbons (Fsp3) is 0.474. The Bertz CT molecular complexity index is 745. The molecule has 1 aliphatic rings. The zero-order chi connectivity index (χ0) is 18.5. The highest BCUT2D eigenvalue weighted by Gasteiger charge is 2.25. The zero-order valence-electron chi connectivity index (χ0n) is 15.5. The number of piperidine rings is 1. The number of thiophene rings is 2. The number of hydrogen-bond donors (Lipinski definition) is 1. The van der Waals surface area contributed by atoms with Crippen LogP contribution in [0, 0.1) is 19.8 Å². The minimum Gasteiger partial charge on any atom is -0.481 e. The molecule has 2 aromatic heterocycles. The van der Waals surface area contributed by atoms with Crippen molar-refractivity contribution in [2.75, 3.05) is 26.2 Å². The second-order valence-corrected chi connectivity index (χ2v) is 8.45. The molecule has 5 nitrogen and oxygen atoms in total. The fourth-order valence-electron chi connectivity index (χ4n) is 3.16. The van der Waals surface area contributed by atoms with Gasteiger partial charge in [0.2, 0.25) is 0 Å². The summed E-state index contributed by atoms with van der Waals surface area (Å²) in [6, 6.07) is 4.19. The highest BCUT2D eigenvalue weighted by molar-refractivity contribution is 7.16. The molecular weight excluding hydrogens is 404 g/mol. The van der Waals surface area contributed by atoms with Crippen LogP contribution in [0.5, 0.6) is 0 Å². The summed E-state index contributed by atoms with van der Waals surface area (Å²) in [5.41, 5.74) is 3.29. The van der Waals surface area contributed by atoms with E-state index in [4.69, 9.17) is 4.84 Å². The molecule has 3 heterocycles. The summed E-state index contributed by atoms with van der Waals surface area (Å²) in [5.74, 6) is -0.956. The van der Waals surface area contributed by atoms with E-state index in [0.717, 1.165) is 34.9 Å². The number of nitrogens with zero attached hydrogens (tertiary/aromatic N) is 2. The van der Waals surface area contributed by atoms with E-state index in [-0.39, 0.29) is 18.3 Å². The number of hydrogen-bond acceptors (Lipinski definition) is 6. The van der Waals surface area contributed by atoms with Gasteiger partial charge >= 0.3 is 5.97 Å². The number of carboxylic acid groups (broad SMARTS) is 1. The van der Waals surface area contributed by atoms with Crippen molar-refractivity contribution in [1.82, 2.24) is 4.90 Å². The van der Waals surface area contributed by atoms with Crippen LogP contribution in [-0.4, -0.2) is 47.9 Å². The summed E-state index contributed by atoms with van der Waals surface area (Å²) in [5, 5.41) is 17.8. The molecule has 27 heavy (non-hydrogen) atoms. The number of rotatable bonds is 7. The van der Waals surface area contributed by atoms with Gasteiger partial charge in [-0.05, 0) is 67.3 Å². The molecule has 0 saturated carbocycles. The van der Waals surface area contributed by atoms with Gasteiger partial charge in [0.25, 0.3) is 0 Å². The fourth-order valence-corrected chi connectivity index (χ4v) is 5.05. The first-order valence-electron chi connectivity index (χ1n) is 8.80. The molecule has 1 aliphatic heterocycles. The van der Waals surface area contributed by atoms with E-state index in [2.05, 4.69) is 46.8 Å². The van der Waals surface area contributed by atoms with E-state index in [1.807, 2.05) is 0 Å². The molecule has 0 bridgehead atoms. The molecule has 0 amide bonds. The maximum absolute atomic E-state index is 11.2. The smallest absolute Gasteiger partial charge is 0.307 e. The Morgan fingerprint density at radius 2 is 1.89 bits per heavy atom. The first-order valence-corrected chi connectivity index (χ1v) is 10.6. The quantitative estimate of drug-likeness (QED) is 0.403. The minimum atomic E-state index is -0.697. The molecule has 1 saturated heterocycles. The summed E-state index contributed by atoms with van der Waals surface area (Å²) in [7, 11) is 0. The molecule has 8 heteroatoms. The Balaban J connectivity index is 0.00000261. The third kappa shape index (κ3) is 5.54. The van der Waals surface area contributed by atoms with Crippen molar-refractivity contribution < 1.29 is 14.7 Å². The molecule has 3 rings (SSSR count). The Labute approximate surface area is 174 Å². The summed E-state index contributed by atoms with van der Waals surface area (Å²) in [6.45, 7) is 6.87. The van der Waals surface area contributed by atoms with E-state index in [1.54, 1.807) is 22.7 Å². The number of aliphatic carboxylic acids is 1. The lowest BCUT2D eigenvalue weighted by Gasteiger charge is -2.29. The van der Waals surface area contributed by atoms with Gasteiger partial charge in [-0.2, -0.15) is 0 Å². The Hall–Kier alpha value is -1.41. The maximum Gasteiger partial charge on any atom is 0.307 e. The number of aryl methyl sites for hydroxylation is 2. The van der Waals surface area contributed by atoms with Gasteiger partial charge in [0.15, 0.2) is 0 Å². The number of halogens is 1. The van der Waals surface area contributed by atoms with Gasteiger partial charge in [-0.1, -0.05) is 5.16 Å². The van der Waals surface area contributed by atoms with Crippen molar-refractivity contribution in [3.05, 3.63) is 43.8 Å². The Morgan fingerprint density at radius 1 is 1.26 bits per heavy atom. The van der Waals surface area contributed by atoms with Crippen molar-refractivity contribution >= 4 is 46.8 Å². The first-order chi connectivity index (χ1) is 12.6. The zero-order valence-corrected chi connectivity index (χ0v) is 18.0. The summed E-state index contributed by atoms with van der Waals surface area (Å²) >= 11 is 3.35. The molecule has 1 fully saturated rings. The largest absolute Gasteiger partial charge is 0.481 e. The molecule has 0 unspecified atom stereocenters. The molecule has 0 aliphatic carbocycles. The monoisotopic (exact) mass is 428 g/mol. The van der Waals surface area contributed by atoms with E-state index in [1.165, 1.54) is 11.1 Å². The number of likely N-dealkylation sites (tertiary alicyclic amines) is 1. The molecule has 2 aromatic rings. The van der Waals surface area contributed by atoms with Crippen LogP contribution in [0.3, 0.4) is 0 Å². The van der Waals surface area contributed by atoms with Crippen LogP contribution in [0.25, 0.3) is 0 Å². The standard InChI is InChI=1S/C19H24N2O3S2.ClH/c1-13-5-10-25-17(13)16(18-14(2)6-11-26-18)20-24-9-8-21-7-3-4-15(12-21)19(22)23;/h5-6,10-11,15H,3-4,7-9,12H2,1-2H3,(H,22,23);1H/t15-;/m0./s1. The number of carboxylic acids is 1. The highest BCUT2D eigenvalue weighted by Crippen LogP contribution is 2.26. The van der Waals surface area contributed by atoms with Gasteiger partial charge in [0, 0.05) is 13.1 Å². The summed E-state index contributed by atoms with van der Waals surface area (Å²) < 4.78 is 0. The van der Waals surface area contributed by atoms with Crippen molar-refractivity contribution in [1.29, 1.82) is 0 Å². The predicted octanol–water partition coefficient (Wildman–Crippen LogP) is 4.41. The molecule has 0 aromatic carbocycles. The topological polar surface area (TPSA) is 62.1 Å². The van der Waals surface area contributed by atoms with Gasteiger partial charge in [0.05, 0.1) is 15.7 Å². The highest BCUT2D eigenvalue weighted by atomic mass is 35.5. The van der Waals surface area contributed by atoms with Crippen molar-refractivity contribution in [3.63, 3.8) is 0 Å². The lowest BCUT2D eigenvalue weighted by atomic mass is 9.98. The van der Waals surface area contributed by atoms with Crippen LogP contribution < -0.4 is 0 Å². The van der Waals surface area contributed by atoms with E-state index in [0.29, 0.717) is 19.7 Å². The van der Waals surface area contributed by atoms with Crippen LogP contribution in [-0.2, 0) is 9.63 Å². The van der Waals surface area contributed by atoms with Crippen LogP contribution in [0.4, 0.5) is 0 Å². The van der Waals surface area contributed by atoms with Crippen LogP contribution in [0.2, 0.25) is 0 Å². The maximum atomic E-state index is 11.2. The van der Waals surface area contributed by atoms with Crippen LogP contribution in [0.1, 0.15) is 33.7 Å². The van der Waals surface area contributed by atoms with Crippen LogP contribution in [0.15, 0.2) is 28.0 Å². The minimum absolute atomic E-state index is 0. The molecule has 1 N–H and O–H groups in total. The molecule has 0 spiro atoms. The average Bonchev–Trinajstić information content (AvgIpc) is 3.24. The molecular formula is C19H25ClN2O3S2. The normalized spacial score (nSPS) is 17.2. The van der Waals surface area contributed by atoms with Gasteiger partial charge in [-0.15, -0.1) is 35.1 Å². The van der Waals surface area contributed by atoms with Crippen molar-refractivity contribution in [2.24, 2.45) is 11.1 Å². The third-order valence-electron chi connectivity index (χ3n) is 4.66. The SMILES string of the molecule is Cc1ccsc1C(=NOCCN1CCC[C@H](C(=O)O)C1)c1sccc1C.Cl. The second-order valence-electron chi connectivity index (χ2n) is 6.62. The van der Waals surface area contributed by atoms with Crippen molar-refractivity contribution in [3.8, 4) is 0 Å². The molecule has 1 atom stereocenters. The van der Waals surface area contributed by atoms with E-state index < -0.39 is 5.97 Å². The van der Waals surface area contributed by atoms with Crippen molar-refractivity contribution in [2.45, 2.75) is 26.7 Å². The van der Waals surface area contributed by atoms with E-state index in [9.17, 15) is 9.90 Å². The van der Waals surface area contributed by atoms with E-state index >= 15 is 0 Å². The number of carbonyl (C=O) groups is 1. The Kier molecular flexibility index (Phi) is 8.28. The molecule has 148 valence electrons. The summed E-state index contributed by atoms with van der Waals surface area (Å²) in [4.78, 5) is 21.3. The second kappa shape index (κ2) is 10.2. The third-order valence-corrected chi connectivity index (χ3v) is 6.71. The van der Waals surface area contributed by atoms with Crippen LogP contribution >= 0.6 is 35.1 Å². The predicted molar refractivity (Wildman–Crippen MR) is 114 cm³/mol. The number of oxime groups is 1. The molecule has 0 radical (unpaired) electrons. The van der Waals surface area contributed by atoms with Gasteiger partial charge < -0.3 is 9.94 Å². The Morgan fingerprint density at radius 3 is 2.41 bits per heavy atom. The average molecular weight is 429 g/mol. The van der Waals surface area contributed by atoms with Gasteiger partial charge in [-0.3, -0.25) is 9.69 Å². The lowest BCUT2D eigenvalue weighted by Crippen LogP contribution is -2.40. The van der Waals surface area contributed by atoms with Gasteiger partial charge in [0.1, 0.15) is 12.3 Å². The summed E-state index contributed by atoms with van der Waals surface area (Å²) in [6.07, 6.45) is 1.69. The lowest BCUT2D eigenvalue weighted by molar-refractivity contribution is -0.143.